The summed E-state index contributed by atoms with van der Waals surface area (Å²) in [6, 6.07) is 0.123. The minimum Gasteiger partial charge on any atom is -0.337 e. The third-order valence-corrected chi connectivity index (χ3v) is 4.96. The Hall–Kier alpha value is -1.22. The number of halogens is 1. The van der Waals surface area contributed by atoms with Gasteiger partial charge in [-0.25, -0.2) is 0 Å². The number of likely N-dealkylation sites (N-methyl/N-ethyl adjacent to an activating group) is 1. The van der Waals surface area contributed by atoms with Gasteiger partial charge >= 0.3 is 4.87 Å². The number of aryl methyl sites for hydroxylation is 1. The van der Waals surface area contributed by atoms with E-state index in [-0.39, 0.29) is 23.3 Å². The Kier molecular flexibility index (Phi) is 5.38. The Bertz CT molecular complexity index is 695. The smallest absolute Gasteiger partial charge is 0.308 e. The highest BCUT2D eigenvalue weighted by Gasteiger charge is 2.25. The van der Waals surface area contributed by atoms with Crippen LogP contribution in [0.5, 0.6) is 0 Å². The van der Waals surface area contributed by atoms with Crippen molar-refractivity contribution in [1.29, 1.82) is 0 Å². The molecule has 0 spiro atoms. The summed E-state index contributed by atoms with van der Waals surface area (Å²) in [4.78, 5) is 19.6. The molecule has 7 nitrogen and oxygen atoms in total. The summed E-state index contributed by atoms with van der Waals surface area (Å²) in [5.41, 5.74) is 0.959. The van der Waals surface area contributed by atoms with E-state index in [1.54, 1.807) is 4.57 Å². The highest BCUT2D eigenvalue weighted by molar-refractivity contribution is 7.09. The molecule has 0 aliphatic carbocycles. The Morgan fingerprint density at radius 2 is 2.23 bits per heavy atom. The fourth-order valence-corrected chi connectivity index (χ4v) is 3.30. The third kappa shape index (κ3) is 3.24. The van der Waals surface area contributed by atoms with E-state index in [1.165, 1.54) is 11.3 Å². The number of aromatic nitrogens is 3. The lowest BCUT2D eigenvalue weighted by Crippen LogP contribution is -2.44. The van der Waals surface area contributed by atoms with E-state index in [4.69, 9.17) is 4.52 Å². The lowest BCUT2D eigenvalue weighted by Gasteiger charge is -2.30. The molecule has 2 aromatic heterocycles. The minimum absolute atomic E-state index is 0. The van der Waals surface area contributed by atoms with Crippen LogP contribution < -0.4 is 10.2 Å². The molecule has 1 saturated heterocycles. The van der Waals surface area contributed by atoms with Crippen molar-refractivity contribution >= 4 is 23.7 Å². The average Bonchev–Trinajstić information content (AvgIpc) is 3.01. The first-order valence-corrected chi connectivity index (χ1v) is 7.78. The molecule has 1 fully saturated rings. The molecule has 1 aliphatic rings. The van der Waals surface area contributed by atoms with Crippen molar-refractivity contribution in [3.8, 4) is 0 Å². The van der Waals surface area contributed by atoms with Gasteiger partial charge in [0.15, 0.2) is 5.82 Å². The van der Waals surface area contributed by atoms with Crippen LogP contribution >= 0.6 is 23.7 Å². The molecule has 0 radical (unpaired) electrons. The van der Waals surface area contributed by atoms with Gasteiger partial charge in [0, 0.05) is 30.2 Å². The van der Waals surface area contributed by atoms with Gasteiger partial charge in [-0.05, 0) is 20.9 Å². The van der Waals surface area contributed by atoms with Gasteiger partial charge < -0.3 is 9.84 Å². The van der Waals surface area contributed by atoms with Crippen LogP contribution in [0.1, 0.15) is 28.3 Å². The van der Waals surface area contributed by atoms with E-state index in [0.29, 0.717) is 18.3 Å². The molecule has 1 unspecified atom stereocenters. The molecule has 3 rings (SSSR count). The van der Waals surface area contributed by atoms with Gasteiger partial charge in [-0.3, -0.25) is 14.3 Å². The molecular weight excluding hydrogens is 326 g/mol. The summed E-state index contributed by atoms with van der Waals surface area (Å²) >= 11 is 1.25. The molecule has 0 saturated carbocycles. The van der Waals surface area contributed by atoms with Crippen LogP contribution in [0.2, 0.25) is 0 Å². The Morgan fingerprint density at radius 3 is 2.86 bits per heavy atom. The van der Waals surface area contributed by atoms with Crippen molar-refractivity contribution in [3.63, 3.8) is 0 Å². The molecule has 1 atom stereocenters. The second-order valence-electron chi connectivity index (χ2n) is 5.34. The van der Waals surface area contributed by atoms with Crippen LogP contribution in [0.25, 0.3) is 0 Å². The first kappa shape index (κ1) is 17.1. The van der Waals surface area contributed by atoms with Gasteiger partial charge in [0.2, 0.25) is 5.89 Å². The maximum atomic E-state index is 11.9. The van der Waals surface area contributed by atoms with Crippen LogP contribution in [-0.4, -0.2) is 46.3 Å². The Labute approximate surface area is 138 Å². The Morgan fingerprint density at radius 1 is 1.45 bits per heavy atom. The van der Waals surface area contributed by atoms with Crippen molar-refractivity contribution in [2.45, 2.75) is 26.4 Å². The molecule has 1 aliphatic heterocycles. The van der Waals surface area contributed by atoms with Gasteiger partial charge in [-0.1, -0.05) is 16.5 Å². The average molecular weight is 346 g/mol. The number of hydrogen-bond donors (Lipinski definition) is 1. The minimum atomic E-state index is 0. The van der Waals surface area contributed by atoms with E-state index in [1.807, 2.05) is 13.8 Å². The van der Waals surface area contributed by atoms with Crippen LogP contribution in [0.15, 0.2) is 9.32 Å². The van der Waals surface area contributed by atoms with Gasteiger partial charge in [-0.15, -0.1) is 12.4 Å². The molecular formula is C13H20ClN5O2S. The number of piperazine rings is 1. The molecule has 3 heterocycles. The Balaban J connectivity index is 0.00000176. The van der Waals surface area contributed by atoms with Crippen molar-refractivity contribution < 1.29 is 4.52 Å². The van der Waals surface area contributed by atoms with Gasteiger partial charge in [0.05, 0.1) is 6.04 Å². The first-order valence-electron chi connectivity index (χ1n) is 6.96. The SMILES string of the molecule is Cc1sc(=O)n(Cc2nc(C3CNCCN3C)no2)c1C.Cl. The summed E-state index contributed by atoms with van der Waals surface area (Å²) < 4.78 is 7.00. The van der Waals surface area contributed by atoms with Crippen molar-refractivity contribution in [3.05, 3.63) is 32.0 Å². The number of thiazole rings is 1. The highest BCUT2D eigenvalue weighted by Crippen LogP contribution is 2.18. The van der Waals surface area contributed by atoms with Crippen molar-refractivity contribution in [2.24, 2.45) is 0 Å². The lowest BCUT2D eigenvalue weighted by molar-refractivity contribution is 0.190. The summed E-state index contributed by atoms with van der Waals surface area (Å²) in [5, 5.41) is 7.40. The van der Waals surface area contributed by atoms with Gasteiger partial charge in [-0.2, -0.15) is 4.98 Å². The number of nitrogens with one attached hydrogen (secondary N) is 1. The molecule has 22 heavy (non-hydrogen) atoms. The maximum absolute atomic E-state index is 11.9. The largest absolute Gasteiger partial charge is 0.337 e. The van der Waals surface area contributed by atoms with Crippen molar-refractivity contribution in [2.75, 3.05) is 26.7 Å². The highest BCUT2D eigenvalue weighted by atomic mass is 35.5. The van der Waals surface area contributed by atoms with Gasteiger partial charge in [0.25, 0.3) is 0 Å². The summed E-state index contributed by atoms with van der Waals surface area (Å²) in [6.07, 6.45) is 0. The second kappa shape index (κ2) is 6.91. The molecule has 0 aromatic carbocycles. The van der Waals surface area contributed by atoms with Crippen LogP contribution in [-0.2, 0) is 6.54 Å². The predicted molar refractivity (Wildman–Crippen MR) is 86.9 cm³/mol. The maximum Gasteiger partial charge on any atom is 0.308 e. The third-order valence-electron chi connectivity index (χ3n) is 3.96. The zero-order valence-corrected chi connectivity index (χ0v) is 14.5. The zero-order chi connectivity index (χ0) is 15.0. The molecule has 9 heteroatoms. The van der Waals surface area contributed by atoms with Crippen LogP contribution in [0.3, 0.4) is 0 Å². The summed E-state index contributed by atoms with van der Waals surface area (Å²) in [5.74, 6) is 1.16. The quantitative estimate of drug-likeness (QED) is 0.892. The second-order valence-corrected chi connectivity index (χ2v) is 6.51. The fraction of sp³-hybridized carbons (Fsp3) is 0.615. The predicted octanol–water partition coefficient (Wildman–Crippen LogP) is 0.956. The van der Waals surface area contributed by atoms with E-state index in [0.717, 1.165) is 30.2 Å². The normalized spacial score (nSPS) is 19.1. The fourth-order valence-electron chi connectivity index (χ4n) is 2.47. The molecule has 122 valence electrons. The molecule has 1 N–H and O–H groups in total. The monoisotopic (exact) mass is 345 g/mol. The molecule has 2 aromatic rings. The summed E-state index contributed by atoms with van der Waals surface area (Å²) in [6.45, 7) is 6.96. The van der Waals surface area contributed by atoms with E-state index in [2.05, 4.69) is 27.4 Å². The van der Waals surface area contributed by atoms with Crippen LogP contribution in [0, 0.1) is 13.8 Å². The van der Waals surface area contributed by atoms with E-state index < -0.39 is 0 Å². The van der Waals surface area contributed by atoms with Crippen molar-refractivity contribution in [1.82, 2.24) is 24.9 Å². The summed E-state index contributed by atoms with van der Waals surface area (Å²) in [7, 11) is 2.05. The van der Waals surface area contributed by atoms with E-state index in [9.17, 15) is 4.79 Å². The van der Waals surface area contributed by atoms with E-state index >= 15 is 0 Å². The topological polar surface area (TPSA) is 76.2 Å². The molecule has 0 bridgehead atoms. The lowest BCUT2D eigenvalue weighted by atomic mass is 10.2. The zero-order valence-electron chi connectivity index (χ0n) is 12.8. The van der Waals surface area contributed by atoms with Gasteiger partial charge in [0.1, 0.15) is 6.54 Å². The standard InChI is InChI=1S/C13H19N5O2S.ClH/c1-8-9(2)21-13(19)18(8)7-11-15-12(16-20-11)10-6-14-4-5-17(10)3;/h10,14H,4-7H2,1-3H3;1H. The number of hydrogen-bond acceptors (Lipinski definition) is 7. The number of nitrogens with zero attached hydrogens (tertiary/aromatic N) is 4. The molecule has 0 amide bonds. The van der Waals surface area contributed by atoms with Crippen LogP contribution in [0.4, 0.5) is 0 Å². The first-order chi connectivity index (χ1) is 10.1. The number of rotatable bonds is 3.